The number of carbonyl (C=O) groups is 1. The second-order valence-corrected chi connectivity index (χ2v) is 4.71. The van der Waals surface area contributed by atoms with Gasteiger partial charge in [-0.1, -0.05) is 18.7 Å². The first-order chi connectivity index (χ1) is 8.78. The van der Waals surface area contributed by atoms with Crippen LogP contribution < -0.4 is 0 Å². The first kappa shape index (κ1) is 15.0. The van der Waals surface area contributed by atoms with Gasteiger partial charge in [0.05, 0.1) is 5.69 Å². The maximum Gasteiger partial charge on any atom is 0.396 e. The van der Waals surface area contributed by atoms with Gasteiger partial charge in [-0.2, -0.15) is 8.42 Å². The molecule has 0 fully saturated rings. The molecule has 102 valence electrons. The lowest BCUT2D eigenvalue weighted by molar-refractivity contribution is -0.140. The van der Waals surface area contributed by atoms with E-state index in [-0.39, 0.29) is 17.9 Å². The summed E-state index contributed by atoms with van der Waals surface area (Å²) in [5.41, 5.74) is 1.09. The van der Waals surface area contributed by atoms with Gasteiger partial charge in [-0.3, -0.25) is 4.55 Å². The molecule has 0 aliphatic heterocycles. The number of rotatable bonds is 5. The average molecular weight is 284 g/mol. The topological polar surface area (TPSA) is 105 Å². The van der Waals surface area contributed by atoms with Crippen molar-refractivity contribution in [1.29, 1.82) is 0 Å². The van der Waals surface area contributed by atoms with Gasteiger partial charge >= 0.3 is 16.3 Å². The van der Waals surface area contributed by atoms with Crippen LogP contribution in [0.15, 0.2) is 46.1 Å². The van der Waals surface area contributed by atoms with Crippen LogP contribution in [0.25, 0.3) is 0 Å². The minimum Gasteiger partial charge on any atom is -0.457 e. The van der Waals surface area contributed by atoms with Crippen LogP contribution in [0, 0.1) is 0 Å². The monoisotopic (exact) mass is 284 g/mol. The van der Waals surface area contributed by atoms with Gasteiger partial charge in [0, 0.05) is 5.57 Å². The molecule has 0 aliphatic carbocycles. The van der Waals surface area contributed by atoms with E-state index >= 15 is 0 Å². The van der Waals surface area contributed by atoms with E-state index in [1.807, 2.05) is 0 Å². The normalized spacial score (nSPS) is 11.5. The lowest BCUT2D eigenvalue weighted by Gasteiger charge is -2.04. The van der Waals surface area contributed by atoms with Crippen molar-refractivity contribution in [3.8, 4) is 0 Å². The summed E-state index contributed by atoms with van der Waals surface area (Å²) in [7, 11) is -4.51. The fraction of sp³-hybridized carbons (Fsp3) is 0.182. The third-order valence-electron chi connectivity index (χ3n) is 1.89. The average Bonchev–Trinajstić information content (AvgIpc) is 2.33. The van der Waals surface area contributed by atoms with E-state index in [4.69, 9.17) is 9.29 Å². The highest BCUT2D eigenvalue weighted by atomic mass is 32.2. The molecule has 1 rings (SSSR count). The largest absolute Gasteiger partial charge is 0.457 e. The molecule has 1 aromatic carbocycles. The molecular formula is C11H12N2O5S. The lowest BCUT2D eigenvalue weighted by atomic mass is 10.2. The Kier molecular flexibility index (Phi) is 4.90. The summed E-state index contributed by atoms with van der Waals surface area (Å²) < 4.78 is 36.8. The van der Waals surface area contributed by atoms with Gasteiger partial charge in [-0.05, 0) is 29.1 Å². The van der Waals surface area contributed by atoms with Crippen molar-refractivity contribution in [3.63, 3.8) is 0 Å². The molecule has 1 N–H and O–H groups in total. The Labute approximate surface area is 110 Å². The molecule has 0 unspecified atom stereocenters. The van der Waals surface area contributed by atoms with E-state index in [2.05, 4.69) is 16.2 Å². The Morgan fingerprint density at radius 2 is 2.16 bits per heavy atom. The van der Waals surface area contributed by atoms with Crippen molar-refractivity contribution in [2.45, 2.75) is 13.5 Å². The number of esters is 1. The molecule has 0 atom stereocenters. The van der Waals surface area contributed by atoms with Gasteiger partial charge in [0.15, 0.2) is 0 Å². The molecule has 0 heterocycles. The molecule has 0 radical (unpaired) electrons. The predicted octanol–water partition coefficient (Wildman–Crippen LogP) is 2.19. The maximum absolute atomic E-state index is 11.2. The minimum atomic E-state index is -4.51. The molecule has 8 heteroatoms. The van der Waals surface area contributed by atoms with Gasteiger partial charge in [0.25, 0.3) is 0 Å². The zero-order valence-corrected chi connectivity index (χ0v) is 10.9. The van der Waals surface area contributed by atoms with E-state index in [9.17, 15) is 13.2 Å². The van der Waals surface area contributed by atoms with Crippen LogP contribution in [0.2, 0.25) is 0 Å². The summed E-state index contributed by atoms with van der Waals surface area (Å²) in [5, 5.41) is 3.33. The first-order valence-electron chi connectivity index (χ1n) is 5.10. The summed E-state index contributed by atoms with van der Waals surface area (Å²) in [5.74, 6) is -0.523. The molecule has 0 aliphatic rings. The Bertz CT molecular complexity index is 622. The van der Waals surface area contributed by atoms with Crippen molar-refractivity contribution in [1.82, 2.24) is 0 Å². The Hall–Kier alpha value is -2.06. The second kappa shape index (κ2) is 6.21. The number of nitrogens with zero attached hydrogens (tertiary/aromatic N) is 2. The number of carbonyl (C=O) groups excluding carboxylic acids is 1. The van der Waals surface area contributed by atoms with E-state index in [0.717, 1.165) is 0 Å². The van der Waals surface area contributed by atoms with Gasteiger partial charge < -0.3 is 4.74 Å². The van der Waals surface area contributed by atoms with Crippen LogP contribution in [0.4, 0.5) is 5.69 Å². The highest BCUT2D eigenvalue weighted by Crippen LogP contribution is 2.16. The zero-order chi connectivity index (χ0) is 14.5. The third kappa shape index (κ3) is 5.89. The summed E-state index contributed by atoms with van der Waals surface area (Å²) in [6.45, 7) is 4.97. The van der Waals surface area contributed by atoms with E-state index in [1.54, 1.807) is 12.1 Å². The molecule has 0 bridgehead atoms. The summed E-state index contributed by atoms with van der Waals surface area (Å²) in [4.78, 5) is 11.2. The van der Waals surface area contributed by atoms with Gasteiger partial charge in [0.2, 0.25) is 0 Å². The van der Waals surface area contributed by atoms with Crippen LogP contribution >= 0.6 is 0 Å². The Morgan fingerprint density at radius 1 is 1.47 bits per heavy atom. The molecule has 0 saturated carbocycles. The minimum absolute atomic E-state index is 0.000921. The van der Waals surface area contributed by atoms with Crippen LogP contribution in [-0.4, -0.2) is 18.9 Å². The number of hydrogen-bond donors (Lipinski definition) is 1. The number of ether oxygens (including phenoxy) is 1. The SMILES string of the molecule is C=C(C)C(=O)OCc1cccc(N=NS(=O)(=O)O)c1. The van der Waals surface area contributed by atoms with Crippen LogP contribution in [0.3, 0.4) is 0 Å². The first-order valence-corrected chi connectivity index (χ1v) is 6.49. The highest BCUT2D eigenvalue weighted by Gasteiger charge is 2.04. The van der Waals surface area contributed by atoms with Crippen molar-refractivity contribution < 1.29 is 22.5 Å². The fourth-order valence-electron chi connectivity index (χ4n) is 1.08. The molecule has 19 heavy (non-hydrogen) atoms. The number of hydrogen-bond acceptors (Lipinski definition) is 5. The smallest absolute Gasteiger partial charge is 0.396 e. The van der Waals surface area contributed by atoms with Gasteiger partial charge in [-0.15, -0.1) is 5.11 Å². The summed E-state index contributed by atoms with van der Waals surface area (Å²) >= 11 is 0. The van der Waals surface area contributed by atoms with Crippen LogP contribution in [-0.2, 0) is 26.4 Å². The Balaban J connectivity index is 2.75. The van der Waals surface area contributed by atoms with Crippen molar-refractivity contribution in [2.24, 2.45) is 9.63 Å². The lowest BCUT2D eigenvalue weighted by Crippen LogP contribution is -2.04. The quantitative estimate of drug-likeness (QED) is 0.386. The summed E-state index contributed by atoms with van der Waals surface area (Å²) in [6, 6.07) is 6.21. The molecule has 0 aromatic heterocycles. The van der Waals surface area contributed by atoms with Gasteiger partial charge in [-0.25, -0.2) is 4.79 Å². The third-order valence-corrected chi connectivity index (χ3v) is 2.18. The maximum atomic E-state index is 11.2. The highest BCUT2D eigenvalue weighted by molar-refractivity contribution is 7.84. The van der Waals surface area contributed by atoms with Crippen molar-refractivity contribution in [3.05, 3.63) is 42.0 Å². The molecule has 0 amide bonds. The molecule has 7 nitrogen and oxygen atoms in total. The zero-order valence-electron chi connectivity index (χ0n) is 10.1. The van der Waals surface area contributed by atoms with Crippen molar-refractivity contribution in [2.75, 3.05) is 0 Å². The fourth-order valence-corrected chi connectivity index (χ4v) is 1.28. The van der Waals surface area contributed by atoms with E-state index in [1.165, 1.54) is 19.1 Å². The molecular weight excluding hydrogens is 272 g/mol. The van der Waals surface area contributed by atoms with Gasteiger partial charge in [0.1, 0.15) is 6.61 Å². The summed E-state index contributed by atoms with van der Waals surface area (Å²) in [6.07, 6.45) is 0. The molecule has 1 aromatic rings. The predicted molar refractivity (Wildman–Crippen MR) is 67.1 cm³/mol. The van der Waals surface area contributed by atoms with Crippen LogP contribution in [0.1, 0.15) is 12.5 Å². The molecule has 0 spiro atoms. The van der Waals surface area contributed by atoms with E-state index < -0.39 is 16.3 Å². The van der Waals surface area contributed by atoms with Crippen molar-refractivity contribution >= 4 is 22.0 Å². The van der Waals surface area contributed by atoms with Crippen LogP contribution in [0.5, 0.6) is 0 Å². The van der Waals surface area contributed by atoms with E-state index in [0.29, 0.717) is 5.56 Å². The Morgan fingerprint density at radius 3 is 2.74 bits per heavy atom. The standard InChI is InChI=1S/C11H12N2O5S/c1-8(2)11(14)18-7-9-4-3-5-10(6-9)12-13-19(15,16)17/h3-6H,1,7H2,2H3,(H,15,16,17). The molecule has 0 saturated heterocycles. The number of benzene rings is 1. The second-order valence-electron chi connectivity index (χ2n) is 3.66.